The van der Waals surface area contributed by atoms with Gasteiger partial charge in [-0.25, -0.2) is 9.67 Å². The van der Waals surface area contributed by atoms with Crippen LogP contribution in [0.4, 0.5) is 13.2 Å². The van der Waals surface area contributed by atoms with Gasteiger partial charge in [-0.15, -0.1) is 5.10 Å². The van der Waals surface area contributed by atoms with Gasteiger partial charge in [0, 0.05) is 12.1 Å². The normalized spacial score (nSPS) is 18.1. The topological polar surface area (TPSA) is 79.1 Å². The van der Waals surface area contributed by atoms with Gasteiger partial charge >= 0.3 is 12.1 Å². The number of para-hydroxylation sites is 1. The number of methoxy groups -OCH3 is 1. The lowest BCUT2D eigenvalue weighted by Crippen LogP contribution is -2.08. The molecule has 1 fully saturated rings. The number of alkyl halides is 3. The maximum atomic E-state index is 12.6. The molecule has 0 aliphatic heterocycles. The molecule has 0 amide bonds. The number of halogens is 3. The van der Waals surface area contributed by atoms with E-state index in [1.807, 2.05) is 24.3 Å². The van der Waals surface area contributed by atoms with E-state index in [0.29, 0.717) is 12.1 Å². The van der Waals surface area contributed by atoms with Gasteiger partial charge in [0.15, 0.2) is 5.82 Å². The molecule has 4 rings (SSSR count). The highest BCUT2D eigenvalue weighted by Gasteiger charge is 2.46. The minimum atomic E-state index is -4.46. The molecule has 0 N–H and O–H groups in total. The van der Waals surface area contributed by atoms with E-state index in [0.717, 1.165) is 23.6 Å². The maximum absolute atomic E-state index is 12.6. The van der Waals surface area contributed by atoms with Crippen molar-refractivity contribution >= 4 is 5.97 Å². The van der Waals surface area contributed by atoms with Gasteiger partial charge in [0.2, 0.25) is 0 Å². The second-order valence-electron chi connectivity index (χ2n) is 6.86. The first-order chi connectivity index (χ1) is 14.4. The molecular weight excluding hydrogens is 401 g/mol. The van der Waals surface area contributed by atoms with Crippen molar-refractivity contribution in [3.8, 4) is 11.6 Å². The molecule has 7 nitrogen and oxygen atoms in total. The van der Waals surface area contributed by atoms with E-state index < -0.39 is 11.7 Å². The third kappa shape index (κ3) is 4.12. The van der Waals surface area contributed by atoms with Crippen LogP contribution in [-0.4, -0.2) is 33.1 Å². The number of ether oxygens (including phenoxy) is 2. The number of nitrogens with zero attached hydrogens (tertiary/aromatic N) is 4. The van der Waals surface area contributed by atoms with Crippen molar-refractivity contribution in [1.29, 1.82) is 0 Å². The van der Waals surface area contributed by atoms with Crippen molar-refractivity contribution in [3.63, 3.8) is 0 Å². The van der Waals surface area contributed by atoms with Gasteiger partial charge in [-0.2, -0.15) is 13.2 Å². The molecule has 3 aromatic rings. The van der Waals surface area contributed by atoms with Crippen LogP contribution >= 0.6 is 0 Å². The quantitative estimate of drug-likeness (QED) is 0.570. The number of hydrogen-bond acceptors (Lipinski definition) is 6. The fraction of sp³-hybridized carbons (Fsp3) is 0.300. The van der Waals surface area contributed by atoms with E-state index in [1.165, 1.54) is 16.9 Å². The Hall–Kier alpha value is -3.43. The number of pyridine rings is 1. The highest BCUT2D eigenvalue weighted by atomic mass is 19.4. The molecule has 10 heteroatoms. The average Bonchev–Trinajstić information content (AvgIpc) is 3.40. The summed E-state index contributed by atoms with van der Waals surface area (Å²) in [7, 11) is 1.59. The van der Waals surface area contributed by atoms with Crippen LogP contribution in [0, 0.1) is 5.92 Å². The molecule has 0 radical (unpaired) electrons. The predicted octanol–water partition coefficient (Wildman–Crippen LogP) is 3.54. The fourth-order valence-electron chi connectivity index (χ4n) is 3.19. The lowest BCUT2D eigenvalue weighted by Gasteiger charge is -2.07. The van der Waals surface area contributed by atoms with E-state index >= 15 is 0 Å². The van der Waals surface area contributed by atoms with Gasteiger partial charge < -0.3 is 9.47 Å². The Kier molecular flexibility index (Phi) is 5.15. The zero-order chi connectivity index (χ0) is 21.3. The van der Waals surface area contributed by atoms with Crippen LogP contribution in [0.1, 0.15) is 29.2 Å². The van der Waals surface area contributed by atoms with Crippen molar-refractivity contribution < 1.29 is 27.4 Å². The molecule has 156 valence electrons. The molecule has 2 atom stereocenters. The van der Waals surface area contributed by atoms with Gasteiger partial charge in [-0.05, 0) is 30.2 Å². The summed E-state index contributed by atoms with van der Waals surface area (Å²) in [6.07, 6.45) is -1.60. The maximum Gasteiger partial charge on any atom is 0.417 e. The smallest absolute Gasteiger partial charge is 0.417 e. The van der Waals surface area contributed by atoms with Gasteiger partial charge in [0.1, 0.15) is 18.1 Å². The summed E-state index contributed by atoms with van der Waals surface area (Å²) in [5.41, 5.74) is 0.482. The summed E-state index contributed by atoms with van der Waals surface area (Å²) < 4.78 is 49.7. The van der Waals surface area contributed by atoms with E-state index in [2.05, 4.69) is 15.3 Å². The third-order valence-electron chi connectivity index (χ3n) is 4.84. The van der Waals surface area contributed by atoms with Gasteiger partial charge in [-0.1, -0.05) is 23.4 Å². The van der Waals surface area contributed by atoms with Crippen LogP contribution in [0.2, 0.25) is 0 Å². The van der Waals surface area contributed by atoms with Crippen molar-refractivity contribution in [3.05, 3.63) is 65.6 Å². The summed E-state index contributed by atoms with van der Waals surface area (Å²) in [5, 5.41) is 7.69. The van der Waals surface area contributed by atoms with Crippen molar-refractivity contribution in [1.82, 2.24) is 20.0 Å². The van der Waals surface area contributed by atoms with E-state index in [4.69, 9.17) is 9.47 Å². The second kappa shape index (κ2) is 7.77. The van der Waals surface area contributed by atoms with Crippen LogP contribution in [0.5, 0.6) is 5.75 Å². The molecule has 2 aromatic heterocycles. The largest absolute Gasteiger partial charge is 0.496 e. The molecule has 0 bridgehead atoms. The number of carbonyl (C=O) groups is 1. The highest BCUT2D eigenvalue weighted by molar-refractivity contribution is 5.77. The zero-order valence-electron chi connectivity index (χ0n) is 15.8. The summed E-state index contributed by atoms with van der Waals surface area (Å²) in [4.78, 5) is 16.1. The standard InChI is InChI=1S/C20H17F3N4O3/c1-29-17-5-3-2-4-14(17)15-8-16(15)19(28)30-11-13-10-27(26-25-13)18-7-6-12(9-24-18)20(21,22)23/h2-7,9-10,15-16H,8,11H2,1H3. The Morgan fingerprint density at radius 2 is 2.03 bits per heavy atom. The number of rotatable bonds is 6. The second-order valence-corrected chi connectivity index (χ2v) is 6.86. The number of carbonyl (C=O) groups excluding carboxylic acids is 1. The number of hydrogen-bond donors (Lipinski definition) is 0. The summed E-state index contributed by atoms with van der Waals surface area (Å²) in [5.74, 6) is 0.387. The van der Waals surface area contributed by atoms with Gasteiger partial charge in [-0.3, -0.25) is 4.79 Å². The molecule has 30 heavy (non-hydrogen) atoms. The molecule has 0 spiro atoms. The molecular formula is C20H17F3N4O3. The first-order valence-electron chi connectivity index (χ1n) is 9.11. The molecule has 2 heterocycles. The monoisotopic (exact) mass is 418 g/mol. The fourth-order valence-corrected chi connectivity index (χ4v) is 3.19. The molecule has 1 aliphatic carbocycles. The van der Waals surface area contributed by atoms with Gasteiger partial charge in [0.25, 0.3) is 0 Å². The Balaban J connectivity index is 1.34. The van der Waals surface area contributed by atoms with Gasteiger partial charge in [0.05, 0.1) is 24.8 Å². The Bertz CT molecular complexity index is 1050. The Morgan fingerprint density at radius 3 is 2.73 bits per heavy atom. The van der Waals surface area contributed by atoms with Crippen LogP contribution < -0.4 is 4.74 Å². The summed E-state index contributed by atoms with van der Waals surface area (Å²) in [6.45, 7) is -0.0887. The Labute approximate surface area is 169 Å². The first kappa shape index (κ1) is 19.9. The average molecular weight is 418 g/mol. The van der Waals surface area contributed by atoms with E-state index in [9.17, 15) is 18.0 Å². The van der Waals surface area contributed by atoms with Crippen molar-refractivity contribution in [2.24, 2.45) is 5.92 Å². The Morgan fingerprint density at radius 1 is 1.23 bits per heavy atom. The molecule has 1 saturated carbocycles. The summed E-state index contributed by atoms with van der Waals surface area (Å²) >= 11 is 0. The highest BCUT2D eigenvalue weighted by Crippen LogP contribution is 2.50. The van der Waals surface area contributed by atoms with Crippen molar-refractivity contribution in [2.75, 3.05) is 7.11 Å². The molecule has 1 aromatic carbocycles. The van der Waals surface area contributed by atoms with Crippen LogP contribution in [0.25, 0.3) is 5.82 Å². The minimum Gasteiger partial charge on any atom is -0.496 e. The lowest BCUT2D eigenvalue weighted by atomic mass is 10.1. The van der Waals surface area contributed by atoms with Crippen LogP contribution in [-0.2, 0) is 22.3 Å². The molecule has 2 unspecified atom stereocenters. The number of benzene rings is 1. The molecule has 0 saturated heterocycles. The lowest BCUT2D eigenvalue weighted by molar-refractivity contribution is -0.146. The number of aromatic nitrogens is 4. The van der Waals surface area contributed by atoms with E-state index in [1.54, 1.807) is 7.11 Å². The van der Waals surface area contributed by atoms with E-state index in [-0.39, 0.29) is 30.2 Å². The minimum absolute atomic E-state index is 0.0562. The number of esters is 1. The molecule has 1 aliphatic rings. The first-order valence-corrected chi connectivity index (χ1v) is 9.11. The van der Waals surface area contributed by atoms with Crippen LogP contribution in [0.3, 0.4) is 0 Å². The third-order valence-corrected chi connectivity index (χ3v) is 4.84. The predicted molar refractivity (Wildman–Crippen MR) is 97.8 cm³/mol. The zero-order valence-corrected chi connectivity index (χ0v) is 15.8. The SMILES string of the molecule is COc1ccccc1C1CC1C(=O)OCc1cn(-c2ccc(C(F)(F)F)cn2)nn1. The van der Waals surface area contributed by atoms with Crippen molar-refractivity contribution in [2.45, 2.75) is 25.1 Å². The van der Waals surface area contributed by atoms with Crippen LogP contribution in [0.15, 0.2) is 48.8 Å². The summed E-state index contributed by atoms with van der Waals surface area (Å²) in [6, 6.07) is 9.65.